The van der Waals surface area contributed by atoms with Crippen molar-refractivity contribution in [1.29, 1.82) is 0 Å². The second-order valence-electron chi connectivity index (χ2n) is 7.04. The lowest BCUT2D eigenvalue weighted by molar-refractivity contribution is 0.0784. The SMILES string of the molecule is Cn1cc([C@@H]2CN(C(=O)c3csc(C4CCCNC4)n3)C[C@H]2N)cn1. The summed E-state index contributed by atoms with van der Waals surface area (Å²) in [4.78, 5) is 19.3. The Hall–Kier alpha value is -1.77. The standard InChI is InChI=1S/C17H24N6OS/c1-22-7-12(6-20-22)13-8-23(9-14(13)18)17(24)15-10-25-16(21-15)11-3-2-4-19-5-11/h6-7,10-11,13-14,19H,2-5,8-9,18H2,1H3/t11?,13-,14+/m0/s1. The van der Waals surface area contributed by atoms with Gasteiger partial charge in [0.15, 0.2) is 0 Å². The number of thiazole rings is 1. The zero-order valence-corrected chi connectivity index (χ0v) is 15.2. The molecule has 2 aliphatic heterocycles. The molecule has 1 amide bonds. The molecule has 1 unspecified atom stereocenters. The van der Waals surface area contributed by atoms with Gasteiger partial charge in [-0.05, 0) is 24.9 Å². The number of hydrogen-bond donors (Lipinski definition) is 2. The second-order valence-corrected chi connectivity index (χ2v) is 7.93. The molecule has 0 saturated carbocycles. The van der Waals surface area contributed by atoms with Gasteiger partial charge in [0, 0.05) is 56.1 Å². The highest BCUT2D eigenvalue weighted by Crippen LogP contribution is 2.29. The van der Waals surface area contributed by atoms with Crippen molar-refractivity contribution in [3.8, 4) is 0 Å². The zero-order chi connectivity index (χ0) is 17.4. The lowest BCUT2D eigenvalue weighted by atomic mass is 9.98. The predicted molar refractivity (Wildman–Crippen MR) is 96.8 cm³/mol. The molecule has 3 N–H and O–H groups in total. The summed E-state index contributed by atoms with van der Waals surface area (Å²) < 4.78 is 1.78. The molecule has 134 valence electrons. The third-order valence-electron chi connectivity index (χ3n) is 5.19. The number of aromatic nitrogens is 3. The van der Waals surface area contributed by atoms with Crippen molar-refractivity contribution in [2.45, 2.75) is 30.7 Å². The monoisotopic (exact) mass is 360 g/mol. The number of nitrogens with zero attached hydrogens (tertiary/aromatic N) is 4. The zero-order valence-electron chi connectivity index (χ0n) is 14.4. The molecule has 2 aromatic rings. The first-order valence-electron chi connectivity index (χ1n) is 8.81. The Morgan fingerprint density at radius 1 is 1.44 bits per heavy atom. The molecule has 3 atom stereocenters. The van der Waals surface area contributed by atoms with Crippen molar-refractivity contribution in [3.63, 3.8) is 0 Å². The highest BCUT2D eigenvalue weighted by Gasteiger charge is 2.35. The fraction of sp³-hybridized carbons (Fsp3) is 0.588. The Balaban J connectivity index is 1.45. The number of amides is 1. The fourth-order valence-electron chi connectivity index (χ4n) is 3.78. The first-order valence-corrected chi connectivity index (χ1v) is 9.69. The Morgan fingerprint density at radius 2 is 2.32 bits per heavy atom. The molecular formula is C17H24N6OS. The van der Waals surface area contributed by atoms with Gasteiger partial charge in [-0.15, -0.1) is 11.3 Å². The average Bonchev–Trinajstić information content (AvgIpc) is 3.34. The molecule has 0 spiro atoms. The van der Waals surface area contributed by atoms with Gasteiger partial charge < -0.3 is 16.0 Å². The van der Waals surface area contributed by atoms with Crippen LogP contribution >= 0.6 is 11.3 Å². The summed E-state index contributed by atoms with van der Waals surface area (Å²) in [5, 5.41) is 10.6. The van der Waals surface area contributed by atoms with Crippen LogP contribution in [0, 0.1) is 0 Å². The quantitative estimate of drug-likeness (QED) is 0.849. The molecule has 0 aromatic carbocycles. The van der Waals surface area contributed by atoms with Crippen molar-refractivity contribution in [3.05, 3.63) is 34.0 Å². The molecule has 7 nitrogen and oxygen atoms in total. The molecule has 2 fully saturated rings. The number of rotatable bonds is 3. The largest absolute Gasteiger partial charge is 0.335 e. The molecule has 4 rings (SSSR count). The van der Waals surface area contributed by atoms with Gasteiger partial charge in [0.1, 0.15) is 5.69 Å². The summed E-state index contributed by atoms with van der Waals surface area (Å²) >= 11 is 1.60. The lowest BCUT2D eigenvalue weighted by Crippen LogP contribution is -2.32. The first kappa shape index (κ1) is 16.7. The summed E-state index contributed by atoms with van der Waals surface area (Å²) in [5.41, 5.74) is 7.95. The fourth-order valence-corrected chi connectivity index (χ4v) is 4.71. The van der Waals surface area contributed by atoms with E-state index in [0.717, 1.165) is 30.1 Å². The average molecular weight is 360 g/mol. The van der Waals surface area contributed by atoms with Gasteiger partial charge in [0.25, 0.3) is 5.91 Å². The molecular weight excluding hydrogens is 336 g/mol. The molecule has 8 heteroatoms. The highest BCUT2D eigenvalue weighted by atomic mass is 32.1. The Labute approximate surface area is 151 Å². The van der Waals surface area contributed by atoms with Gasteiger partial charge in [-0.25, -0.2) is 4.98 Å². The number of piperidine rings is 1. The number of hydrogen-bond acceptors (Lipinski definition) is 6. The Bertz CT molecular complexity index is 750. The third kappa shape index (κ3) is 3.33. The van der Waals surface area contributed by atoms with Crippen molar-refractivity contribution in [2.24, 2.45) is 12.8 Å². The number of carbonyl (C=O) groups excluding carboxylic acids is 1. The molecule has 0 radical (unpaired) electrons. The van der Waals surface area contributed by atoms with Crippen LogP contribution in [0.3, 0.4) is 0 Å². The highest BCUT2D eigenvalue weighted by molar-refractivity contribution is 7.09. The smallest absolute Gasteiger partial charge is 0.273 e. The van der Waals surface area contributed by atoms with E-state index in [-0.39, 0.29) is 17.9 Å². The predicted octanol–water partition coefficient (Wildman–Crippen LogP) is 0.911. The summed E-state index contributed by atoms with van der Waals surface area (Å²) in [7, 11) is 1.89. The van der Waals surface area contributed by atoms with E-state index in [1.165, 1.54) is 6.42 Å². The van der Waals surface area contributed by atoms with Crippen LogP contribution in [0.2, 0.25) is 0 Å². The van der Waals surface area contributed by atoms with E-state index in [1.54, 1.807) is 16.0 Å². The molecule has 4 heterocycles. The van der Waals surface area contributed by atoms with Gasteiger partial charge in [0.05, 0.1) is 11.2 Å². The number of likely N-dealkylation sites (tertiary alicyclic amines) is 1. The van der Waals surface area contributed by atoms with Crippen LogP contribution in [0.4, 0.5) is 0 Å². The molecule has 2 saturated heterocycles. The maximum atomic E-state index is 12.8. The lowest BCUT2D eigenvalue weighted by Gasteiger charge is -2.20. The molecule has 2 aliphatic rings. The normalized spacial score (nSPS) is 27.0. The van der Waals surface area contributed by atoms with Crippen LogP contribution in [-0.4, -0.2) is 57.8 Å². The minimum atomic E-state index is -0.0613. The summed E-state index contributed by atoms with van der Waals surface area (Å²) in [6, 6.07) is -0.0613. The molecule has 2 aromatic heterocycles. The van der Waals surface area contributed by atoms with E-state index in [9.17, 15) is 4.79 Å². The Morgan fingerprint density at radius 3 is 3.04 bits per heavy atom. The van der Waals surface area contributed by atoms with E-state index in [2.05, 4.69) is 15.4 Å². The summed E-state index contributed by atoms with van der Waals surface area (Å²) in [5.74, 6) is 0.565. The van der Waals surface area contributed by atoms with Crippen LogP contribution < -0.4 is 11.1 Å². The maximum Gasteiger partial charge on any atom is 0.273 e. The van der Waals surface area contributed by atoms with E-state index in [1.807, 2.05) is 29.7 Å². The summed E-state index contributed by atoms with van der Waals surface area (Å²) in [6.45, 7) is 3.23. The van der Waals surface area contributed by atoms with Gasteiger partial charge in [-0.3, -0.25) is 9.48 Å². The molecule has 25 heavy (non-hydrogen) atoms. The number of nitrogens with two attached hydrogens (primary N) is 1. The van der Waals surface area contributed by atoms with Gasteiger partial charge in [0.2, 0.25) is 0 Å². The first-order chi connectivity index (χ1) is 12.1. The van der Waals surface area contributed by atoms with E-state index >= 15 is 0 Å². The number of nitrogens with one attached hydrogen (secondary N) is 1. The summed E-state index contributed by atoms with van der Waals surface area (Å²) in [6.07, 6.45) is 6.14. The van der Waals surface area contributed by atoms with E-state index < -0.39 is 0 Å². The van der Waals surface area contributed by atoms with Crippen molar-refractivity contribution < 1.29 is 4.79 Å². The Kier molecular flexibility index (Phi) is 4.58. The van der Waals surface area contributed by atoms with Gasteiger partial charge in [-0.1, -0.05) is 0 Å². The minimum absolute atomic E-state index is 0.00638. The van der Waals surface area contributed by atoms with E-state index in [4.69, 9.17) is 5.73 Å². The van der Waals surface area contributed by atoms with Crippen LogP contribution in [0.15, 0.2) is 17.8 Å². The topological polar surface area (TPSA) is 89.1 Å². The van der Waals surface area contributed by atoms with Crippen molar-refractivity contribution in [1.82, 2.24) is 25.0 Å². The van der Waals surface area contributed by atoms with Crippen molar-refractivity contribution >= 4 is 17.2 Å². The van der Waals surface area contributed by atoms with Crippen LogP contribution in [-0.2, 0) is 7.05 Å². The van der Waals surface area contributed by atoms with Crippen LogP contribution in [0.5, 0.6) is 0 Å². The van der Waals surface area contributed by atoms with Crippen LogP contribution in [0.1, 0.15) is 45.7 Å². The number of carbonyl (C=O) groups is 1. The molecule has 0 bridgehead atoms. The van der Waals surface area contributed by atoms with Gasteiger partial charge in [-0.2, -0.15) is 5.10 Å². The van der Waals surface area contributed by atoms with Gasteiger partial charge >= 0.3 is 0 Å². The second kappa shape index (κ2) is 6.86. The minimum Gasteiger partial charge on any atom is -0.335 e. The van der Waals surface area contributed by atoms with Crippen molar-refractivity contribution in [2.75, 3.05) is 26.2 Å². The maximum absolute atomic E-state index is 12.8. The third-order valence-corrected chi connectivity index (χ3v) is 6.20. The van der Waals surface area contributed by atoms with E-state index in [0.29, 0.717) is 24.7 Å². The molecule has 0 aliphatic carbocycles. The number of aryl methyl sites for hydroxylation is 1. The van der Waals surface area contributed by atoms with Crippen LogP contribution in [0.25, 0.3) is 0 Å².